The van der Waals surface area contributed by atoms with Crippen LogP contribution in [0.15, 0.2) is 36.5 Å². The molecule has 2 amide bonds. The van der Waals surface area contributed by atoms with E-state index in [1.807, 2.05) is 0 Å². The molecule has 8 heteroatoms. The van der Waals surface area contributed by atoms with Crippen LogP contribution in [0.4, 0.5) is 0 Å². The van der Waals surface area contributed by atoms with Gasteiger partial charge in [0.2, 0.25) is 0 Å². The number of piperidine rings is 1. The predicted octanol–water partition coefficient (Wildman–Crippen LogP) is 1.88. The minimum Gasteiger partial charge on any atom is -0.493 e. The quantitative estimate of drug-likeness (QED) is 0.814. The smallest absolute Gasteiger partial charge is 0.267 e. The summed E-state index contributed by atoms with van der Waals surface area (Å²) in [5.74, 6) is 0.881. The third-order valence-electron chi connectivity index (χ3n) is 4.58. The number of likely N-dealkylation sites (tertiary alicyclic amines) is 1. The van der Waals surface area contributed by atoms with Crippen molar-refractivity contribution in [1.29, 1.82) is 0 Å². The lowest BCUT2D eigenvalue weighted by Crippen LogP contribution is -2.44. The van der Waals surface area contributed by atoms with Gasteiger partial charge in [0.25, 0.3) is 11.8 Å². The van der Waals surface area contributed by atoms with Crippen LogP contribution in [0.5, 0.6) is 17.2 Å². The van der Waals surface area contributed by atoms with E-state index < -0.39 is 5.91 Å². The Hall–Kier alpha value is -3.29. The highest BCUT2D eigenvalue weighted by atomic mass is 16.5. The van der Waals surface area contributed by atoms with Crippen LogP contribution in [0.2, 0.25) is 0 Å². The van der Waals surface area contributed by atoms with Gasteiger partial charge in [0.1, 0.15) is 17.5 Å². The van der Waals surface area contributed by atoms with Gasteiger partial charge < -0.3 is 24.8 Å². The highest BCUT2D eigenvalue weighted by Gasteiger charge is 2.26. The topological polar surface area (TPSA) is 104 Å². The Bertz CT molecular complexity index is 871. The minimum absolute atomic E-state index is 0.0955. The summed E-state index contributed by atoms with van der Waals surface area (Å²) >= 11 is 0. The van der Waals surface area contributed by atoms with Gasteiger partial charge in [-0.1, -0.05) is 0 Å². The Kier molecular flexibility index (Phi) is 5.98. The largest absolute Gasteiger partial charge is 0.493 e. The van der Waals surface area contributed by atoms with Crippen molar-refractivity contribution in [3.63, 3.8) is 0 Å². The van der Waals surface area contributed by atoms with Crippen molar-refractivity contribution in [3.8, 4) is 17.2 Å². The first-order chi connectivity index (χ1) is 13.5. The Morgan fingerprint density at radius 1 is 1.14 bits per heavy atom. The zero-order chi connectivity index (χ0) is 20.1. The lowest BCUT2D eigenvalue weighted by atomic mass is 10.1. The monoisotopic (exact) mass is 385 g/mol. The van der Waals surface area contributed by atoms with Crippen LogP contribution < -0.4 is 19.9 Å². The van der Waals surface area contributed by atoms with Gasteiger partial charge in [-0.25, -0.2) is 0 Å². The van der Waals surface area contributed by atoms with Gasteiger partial charge in [0, 0.05) is 24.4 Å². The average molecular weight is 385 g/mol. The molecule has 1 unspecified atom stereocenters. The van der Waals surface area contributed by atoms with Gasteiger partial charge >= 0.3 is 0 Å². The molecule has 148 valence electrons. The first kappa shape index (κ1) is 19.5. The van der Waals surface area contributed by atoms with Crippen LogP contribution in [0.3, 0.4) is 0 Å². The molecular formula is C20H23N3O5. The van der Waals surface area contributed by atoms with Crippen LogP contribution in [0, 0.1) is 0 Å². The summed E-state index contributed by atoms with van der Waals surface area (Å²) < 4.78 is 16.5. The number of benzene rings is 1. The first-order valence-corrected chi connectivity index (χ1v) is 8.95. The summed E-state index contributed by atoms with van der Waals surface area (Å²) in [5.41, 5.74) is 5.93. The molecule has 0 aliphatic carbocycles. The molecule has 0 radical (unpaired) electrons. The third kappa shape index (κ3) is 4.33. The van der Waals surface area contributed by atoms with E-state index in [1.165, 1.54) is 19.4 Å². The molecule has 28 heavy (non-hydrogen) atoms. The molecule has 2 N–H and O–H groups in total. The van der Waals surface area contributed by atoms with Crippen molar-refractivity contribution in [2.75, 3.05) is 27.3 Å². The van der Waals surface area contributed by atoms with E-state index in [-0.39, 0.29) is 17.7 Å². The van der Waals surface area contributed by atoms with E-state index in [0.29, 0.717) is 35.9 Å². The number of methoxy groups -OCH3 is 2. The maximum Gasteiger partial charge on any atom is 0.267 e. The summed E-state index contributed by atoms with van der Waals surface area (Å²) in [6.07, 6.45) is 2.92. The fourth-order valence-corrected chi connectivity index (χ4v) is 3.18. The van der Waals surface area contributed by atoms with Gasteiger partial charge in [-0.15, -0.1) is 0 Å². The molecule has 0 spiro atoms. The molecule has 8 nitrogen and oxygen atoms in total. The number of ether oxygens (including phenoxy) is 3. The normalized spacial score (nSPS) is 16.4. The minimum atomic E-state index is -0.612. The van der Waals surface area contributed by atoms with Crippen molar-refractivity contribution in [2.24, 2.45) is 5.73 Å². The number of pyridine rings is 1. The van der Waals surface area contributed by atoms with Crippen molar-refractivity contribution in [2.45, 2.75) is 18.9 Å². The standard InChI is InChI=1S/C20H23N3O5/c1-26-17-6-5-13(10-18(17)27-2)20(25)23-9-3-4-15(12-23)28-14-7-8-22-16(11-14)19(21)24/h5-8,10-11,15H,3-4,9,12H2,1-2H3,(H2,21,24). The molecule has 2 aromatic rings. The van der Waals surface area contributed by atoms with Crippen molar-refractivity contribution >= 4 is 11.8 Å². The van der Waals surface area contributed by atoms with Gasteiger partial charge in [0.05, 0.1) is 20.8 Å². The van der Waals surface area contributed by atoms with E-state index in [1.54, 1.807) is 36.3 Å². The van der Waals surface area contributed by atoms with Crippen LogP contribution in [0.25, 0.3) is 0 Å². The van der Waals surface area contributed by atoms with Gasteiger partial charge in [-0.3, -0.25) is 14.6 Å². The van der Waals surface area contributed by atoms with Crippen LogP contribution in [-0.4, -0.2) is 55.1 Å². The van der Waals surface area contributed by atoms with E-state index in [2.05, 4.69) is 4.98 Å². The molecule has 1 aromatic heterocycles. The summed E-state index contributed by atoms with van der Waals surface area (Å²) in [6, 6.07) is 8.29. The number of rotatable bonds is 6. The molecule has 0 bridgehead atoms. The number of carbonyl (C=O) groups is 2. The van der Waals surface area contributed by atoms with E-state index in [4.69, 9.17) is 19.9 Å². The molecular weight excluding hydrogens is 362 g/mol. The lowest BCUT2D eigenvalue weighted by Gasteiger charge is -2.33. The number of carbonyl (C=O) groups excluding carboxylic acids is 2. The zero-order valence-corrected chi connectivity index (χ0v) is 15.9. The number of primary amides is 1. The van der Waals surface area contributed by atoms with E-state index in [9.17, 15) is 9.59 Å². The molecule has 1 fully saturated rings. The molecule has 1 aliphatic rings. The third-order valence-corrected chi connectivity index (χ3v) is 4.58. The second kappa shape index (κ2) is 8.60. The van der Waals surface area contributed by atoms with Crippen LogP contribution in [0.1, 0.15) is 33.7 Å². The SMILES string of the molecule is COc1ccc(C(=O)N2CCCC(Oc3ccnc(C(N)=O)c3)C2)cc1OC. The Labute approximate surface area is 163 Å². The van der Waals surface area contributed by atoms with E-state index >= 15 is 0 Å². The number of nitrogens with zero attached hydrogens (tertiary/aromatic N) is 2. The predicted molar refractivity (Wildman–Crippen MR) is 102 cm³/mol. The van der Waals surface area contributed by atoms with E-state index in [0.717, 1.165) is 12.8 Å². The number of aromatic nitrogens is 1. The molecule has 1 aromatic carbocycles. The fourth-order valence-electron chi connectivity index (χ4n) is 3.18. The highest BCUT2D eigenvalue weighted by Crippen LogP contribution is 2.28. The van der Waals surface area contributed by atoms with Crippen LogP contribution in [-0.2, 0) is 0 Å². The maximum absolute atomic E-state index is 12.9. The lowest BCUT2D eigenvalue weighted by molar-refractivity contribution is 0.0537. The Balaban J connectivity index is 1.70. The van der Waals surface area contributed by atoms with Gasteiger partial charge in [-0.2, -0.15) is 0 Å². The number of hydrogen-bond donors (Lipinski definition) is 1. The summed E-state index contributed by atoms with van der Waals surface area (Å²) in [7, 11) is 3.08. The number of nitrogens with two attached hydrogens (primary N) is 1. The summed E-state index contributed by atoms with van der Waals surface area (Å²) in [6.45, 7) is 1.09. The molecule has 1 aliphatic heterocycles. The first-order valence-electron chi connectivity index (χ1n) is 8.95. The molecule has 0 saturated carbocycles. The van der Waals surface area contributed by atoms with Gasteiger partial charge in [-0.05, 0) is 37.1 Å². The molecule has 1 saturated heterocycles. The van der Waals surface area contributed by atoms with Crippen LogP contribution >= 0.6 is 0 Å². The molecule has 2 heterocycles. The molecule has 3 rings (SSSR count). The van der Waals surface area contributed by atoms with Crippen molar-refractivity contribution < 1.29 is 23.8 Å². The Morgan fingerprint density at radius 3 is 2.64 bits per heavy atom. The Morgan fingerprint density at radius 2 is 1.93 bits per heavy atom. The molecule has 1 atom stereocenters. The number of amides is 2. The second-order valence-corrected chi connectivity index (χ2v) is 6.44. The summed E-state index contributed by atoms with van der Waals surface area (Å²) in [5, 5.41) is 0. The highest BCUT2D eigenvalue weighted by molar-refractivity contribution is 5.95. The fraction of sp³-hybridized carbons (Fsp3) is 0.350. The average Bonchev–Trinajstić information content (AvgIpc) is 2.73. The zero-order valence-electron chi connectivity index (χ0n) is 15.9. The van der Waals surface area contributed by atoms with Gasteiger partial charge in [0.15, 0.2) is 11.5 Å². The summed E-state index contributed by atoms with van der Waals surface area (Å²) in [4.78, 5) is 29.8. The van der Waals surface area contributed by atoms with Crippen molar-refractivity contribution in [3.05, 3.63) is 47.8 Å². The maximum atomic E-state index is 12.9. The number of hydrogen-bond acceptors (Lipinski definition) is 6. The van der Waals surface area contributed by atoms with Crippen molar-refractivity contribution in [1.82, 2.24) is 9.88 Å². The second-order valence-electron chi connectivity index (χ2n) is 6.44.